The molecule has 1 saturated heterocycles. The average molecular weight is 362 g/mol. The minimum absolute atomic E-state index is 0.0416. The highest BCUT2D eigenvalue weighted by Gasteiger charge is 2.31. The Balaban J connectivity index is 1.63. The number of nitrogens with zero attached hydrogens (tertiary/aromatic N) is 3. The molecule has 0 bridgehead atoms. The van der Waals surface area contributed by atoms with Gasteiger partial charge in [-0.2, -0.15) is 5.10 Å². The molecule has 1 unspecified atom stereocenters. The number of urea groups is 1. The smallest absolute Gasteiger partial charge is 0.322 e. The van der Waals surface area contributed by atoms with Gasteiger partial charge < -0.3 is 15.5 Å². The molecule has 0 spiro atoms. The first-order valence-electron chi connectivity index (χ1n) is 8.67. The van der Waals surface area contributed by atoms with E-state index in [1.54, 1.807) is 11.8 Å². The lowest BCUT2D eigenvalue weighted by Crippen LogP contribution is -2.51. The molecule has 10 nitrogen and oxygen atoms in total. The second kappa shape index (κ2) is 7.54. The van der Waals surface area contributed by atoms with Crippen LogP contribution in [0.5, 0.6) is 0 Å². The SMILES string of the molecule is CCC(=O)NCc1cc2n(n1)CCN(C(=O)C1CCC(=O)NC(=O)N1)C2. The van der Waals surface area contributed by atoms with Crippen molar-refractivity contribution >= 4 is 23.8 Å². The van der Waals surface area contributed by atoms with E-state index in [4.69, 9.17) is 0 Å². The maximum absolute atomic E-state index is 12.7. The van der Waals surface area contributed by atoms with Gasteiger partial charge in [0.1, 0.15) is 6.04 Å². The number of aromatic nitrogens is 2. The topological polar surface area (TPSA) is 125 Å². The van der Waals surface area contributed by atoms with E-state index < -0.39 is 12.1 Å². The van der Waals surface area contributed by atoms with Gasteiger partial charge in [0.05, 0.1) is 31.0 Å². The second-order valence-electron chi connectivity index (χ2n) is 6.35. The van der Waals surface area contributed by atoms with E-state index >= 15 is 0 Å². The van der Waals surface area contributed by atoms with Gasteiger partial charge in [0.2, 0.25) is 17.7 Å². The number of carbonyl (C=O) groups is 4. The molecule has 0 aromatic carbocycles. The highest BCUT2D eigenvalue weighted by atomic mass is 16.2. The second-order valence-corrected chi connectivity index (χ2v) is 6.35. The molecule has 3 N–H and O–H groups in total. The summed E-state index contributed by atoms with van der Waals surface area (Å²) in [6.07, 6.45) is 0.822. The van der Waals surface area contributed by atoms with Crippen LogP contribution in [-0.4, -0.2) is 51.0 Å². The van der Waals surface area contributed by atoms with Gasteiger partial charge >= 0.3 is 6.03 Å². The number of nitrogens with one attached hydrogen (secondary N) is 3. The van der Waals surface area contributed by atoms with Crippen LogP contribution in [0.2, 0.25) is 0 Å². The molecule has 26 heavy (non-hydrogen) atoms. The number of carbonyl (C=O) groups excluding carboxylic acids is 4. The molecule has 5 amide bonds. The molecule has 1 atom stereocenters. The lowest BCUT2D eigenvalue weighted by Gasteiger charge is -2.30. The van der Waals surface area contributed by atoms with E-state index in [9.17, 15) is 19.2 Å². The molecule has 3 rings (SSSR count). The minimum Gasteiger partial charge on any atom is -0.350 e. The van der Waals surface area contributed by atoms with Crippen molar-refractivity contribution in [3.63, 3.8) is 0 Å². The molecule has 0 aliphatic carbocycles. The molecule has 1 fully saturated rings. The Labute approximate surface area is 150 Å². The highest BCUT2D eigenvalue weighted by molar-refractivity contribution is 5.98. The molecule has 3 heterocycles. The summed E-state index contributed by atoms with van der Waals surface area (Å²) in [6.45, 7) is 3.53. The Kier molecular flexibility index (Phi) is 5.19. The van der Waals surface area contributed by atoms with Crippen molar-refractivity contribution in [1.82, 2.24) is 30.6 Å². The summed E-state index contributed by atoms with van der Waals surface area (Å²) in [4.78, 5) is 48.7. The maximum atomic E-state index is 12.7. The predicted octanol–water partition coefficient (Wildman–Crippen LogP) is -0.760. The van der Waals surface area contributed by atoms with Crippen LogP contribution in [-0.2, 0) is 34.0 Å². The minimum atomic E-state index is -0.709. The van der Waals surface area contributed by atoms with Crippen molar-refractivity contribution in [2.45, 2.75) is 51.9 Å². The largest absolute Gasteiger partial charge is 0.350 e. The van der Waals surface area contributed by atoms with Gasteiger partial charge in [0, 0.05) is 19.4 Å². The molecule has 140 valence electrons. The predicted molar refractivity (Wildman–Crippen MR) is 89.5 cm³/mol. The van der Waals surface area contributed by atoms with Gasteiger partial charge in [-0.05, 0) is 12.5 Å². The number of imide groups is 1. The summed E-state index contributed by atoms with van der Waals surface area (Å²) in [5.74, 6) is -0.628. The Hall–Kier alpha value is -2.91. The van der Waals surface area contributed by atoms with Crippen molar-refractivity contribution in [1.29, 1.82) is 0 Å². The molecule has 2 aliphatic rings. The molecular formula is C16H22N6O4. The first-order chi connectivity index (χ1) is 12.5. The monoisotopic (exact) mass is 362 g/mol. The quantitative estimate of drug-likeness (QED) is 0.649. The number of hydrogen-bond donors (Lipinski definition) is 3. The molecule has 1 aromatic heterocycles. The molecule has 10 heteroatoms. The Morgan fingerprint density at radius 2 is 2.15 bits per heavy atom. The zero-order chi connectivity index (χ0) is 18.7. The fraction of sp³-hybridized carbons (Fsp3) is 0.562. The van der Waals surface area contributed by atoms with Crippen LogP contribution in [0.3, 0.4) is 0 Å². The summed E-state index contributed by atoms with van der Waals surface area (Å²) >= 11 is 0. The molecular weight excluding hydrogens is 340 g/mol. The number of fused-ring (bicyclic) bond motifs is 1. The van der Waals surface area contributed by atoms with E-state index in [0.717, 1.165) is 11.4 Å². The van der Waals surface area contributed by atoms with Crippen LogP contribution in [0.1, 0.15) is 37.6 Å². The fourth-order valence-corrected chi connectivity index (χ4v) is 3.05. The van der Waals surface area contributed by atoms with Crippen molar-refractivity contribution < 1.29 is 19.2 Å². The van der Waals surface area contributed by atoms with Crippen molar-refractivity contribution in [2.24, 2.45) is 0 Å². The molecule has 0 saturated carbocycles. The highest BCUT2D eigenvalue weighted by Crippen LogP contribution is 2.16. The Bertz CT molecular complexity index is 743. The summed E-state index contributed by atoms with van der Waals surface area (Å²) in [7, 11) is 0. The van der Waals surface area contributed by atoms with Crippen molar-refractivity contribution in [3.8, 4) is 0 Å². The van der Waals surface area contributed by atoms with Gasteiger partial charge in [0.15, 0.2) is 0 Å². The van der Waals surface area contributed by atoms with Crippen LogP contribution in [0.15, 0.2) is 6.07 Å². The molecule has 2 aliphatic heterocycles. The average Bonchev–Trinajstić information content (AvgIpc) is 2.95. The van der Waals surface area contributed by atoms with Gasteiger partial charge in [-0.1, -0.05) is 6.92 Å². The number of amides is 5. The van der Waals surface area contributed by atoms with E-state index in [1.165, 1.54) is 0 Å². The van der Waals surface area contributed by atoms with Gasteiger partial charge in [-0.3, -0.25) is 24.4 Å². The summed E-state index contributed by atoms with van der Waals surface area (Å²) in [5, 5.41) is 11.9. The number of hydrogen-bond acceptors (Lipinski definition) is 5. The lowest BCUT2D eigenvalue weighted by molar-refractivity contribution is -0.134. The van der Waals surface area contributed by atoms with Gasteiger partial charge in [0.25, 0.3) is 0 Å². The van der Waals surface area contributed by atoms with Crippen LogP contribution in [0.4, 0.5) is 4.79 Å². The summed E-state index contributed by atoms with van der Waals surface area (Å²) in [5.41, 5.74) is 1.62. The van der Waals surface area contributed by atoms with E-state index in [0.29, 0.717) is 32.6 Å². The first-order valence-corrected chi connectivity index (χ1v) is 8.67. The van der Waals surface area contributed by atoms with E-state index in [2.05, 4.69) is 21.0 Å². The zero-order valence-electron chi connectivity index (χ0n) is 14.6. The van der Waals surface area contributed by atoms with Crippen LogP contribution in [0, 0.1) is 0 Å². The van der Waals surface area contributed by atoms with Crippen molar-refractivity contribution in [2.75, 3.05) is 6.54 Å². The van der Waals surface area contributed by atoms with Crippen LogP contribution in [0.25, 0.3) is 0 Å². The Morgan fingerprint density at radius 1 is 1.35 bits per heavy atom. The third kappa shape index (κ3) is 4.01. The van der Waals surface area contributed by atoms with Crippen LogP contribution < -0.4 is 16.0 Å². The number of rotatable bonds is 4. The molecule has 1 aromatic rings. The van der Waals surface area contributed by atoms with Crippen LogP contribution >= 0.6 is 0 Å². The molecule has 0 radical (unpaired) electrons. The maximum Gasteiger partial charge on any atom is 0.322 e. The van der Waals surface area contributed by atoms with E-state index in [-0.39, 0.29) is 30.6 Å². The van der Waals surface area contributed by atoms with E-state index in [1.807, 2.05) is 10.7 Å². The van der Waals surface area contributed by atoms with Crippen molar-refractivity contribution in [3.05, 3.63) is 17.5 Å². The van der Waals surface area contributed by atoms with Gasteiger partial charge in [-0.25, -0.2) is 4.79 Å². The third-order valence-electron chi connectivity index (χ3n) is 4.46. The summed E-state index contributed by atoms with van der Waals surface area (Å²) < 4.78 is 1.83. The standard InChI is InChI=1S/C16H22N6O4/c1-2-13(23)17-8-10-7-11-9-21(5-6-22(11)20-10)15(25)12-3-4-14(24)19-16(26)18-12/h7,12H,2-6,8-9H2,1H3,(H,17,23)(H2,18,19,24,26). The first kappa shape index (κ1) is 17.9. The third-order valence-corrected chi connectivity index (χ3v) is 4.46. The zero-order valence-corrected chi connectivity index (χ0v) is 14.6. The lowest BCUT2D eigenvalue weighted by atomic mass is 10.1. The van der Waals surface area contributed by atoms with Gasteiger partial charge in [-0.15, -0.1) is 0 Å². The Morgan fingerprint density at radius 3 is 2.92 bits per heavy atom. The fourth-order valence-electron chi connectivity index (χ4n) is 3.05. The summed E-state index contributed by atoms with van der Waals surface area (Å²) in [6, 6.07) is 0.521. The normalized spacial score (nSPS) is 19.9.